The molecule has 110 valence electrons. The van der Waals surface area contributed by atoms with Gasteiger partial charge < -0.3 is 11.1 Å². The number of allylic oxidation sites excluding steroid dienone is 1. The fourth-order valence-electron chi connectivity index (χ4n) is 2.12. The summed E-state index contributed by atoms with van der Waals surface area (Å²) in [7, 11) is 0. The lowest BCUT2D eigenvalue weighted by atomic mass is 9.83. The van der Waals surface area contributed by atoms with Gasteiger partial charge in [-0.25, -0.2) is 0 Å². The van der Waals surface area contributed by atoms with E-state index in [-0.39, 0.29) is 12.5 Å². The molecule has 0 aliphatic rings. The Morgan fingerprint density at radius 3 is 2.45 bits per heavy atom. The van der Waals surface area contributed by atoms with Crippen LogP contribution in [0.15, 0.2) is 40.9 Å². The van der Waals surface area contributed by atoms with Gasteiger partial charge in [0, 0.05) is 10.4 Å². The van der Waals surface area contributed by atoms with E-state index in [0.29, 0.717) is 11.8 Å². The van der Waals surface area contributed by atoms with Gasteiger partial charge in [-0.1, -0.05) is 54.1 Å². The summed E-state index contributed by atoms with van der Waals surface area (Å²) in [5.41, 5.74) is 7.59. The van der Waals surface area contributed by atoms with Crippen LogP contribution < -0.4 is 11.1 Å². The number of halogens is 1. The Morgan fingerprint density at radius 1 is 1.35 bits per heavy atom. The van der Waals surface area contributed by atoms with Gasteiger partial charge in [0.1, 0.15) is 0 Å². The van der Waals surface area contributed by atoms with Crippen LogP contribution in [0.1, 0.15) is 31.7 Å². The lowest BCUT2D eigenvalue weighted by molar-refractivity contribution is -0.117. The molecule has 0 fully saturated rings. The molecule has 0 aliphatic carbocycles. The summed E-state index contributed by atoms with van der Waals surface area (Å²) in [4.78, 5) is 10.7. The number of hydrogen-bond donors (Lipinski definition) is 2. The standard InChI is InChI=1S/C16H23BrN2O/c1-11(2)12(3)15(8-9-19-10-16(18)20)13-4-6-14(17)7-5-13/h4-7,11,15,19H,3,8-10H2,1-2H3,(H2,18,20)/t15-/m0/s1. The van der Waals surface area contributed by atoms with E-state index in [0.717, 1.165) is 17.4 Å². The smallest absolute Gasteiger partial charge is 0.231 e. The molecule has 0 aliphatic heterocycles. The zero-order valence-electron chi connectivity index (χ0n) is 12.2. The highest BCUT2D eigenvalue weighted by atomic mass is 79.9. The number of nitrogens with two attached hydrogens (primary N) is 1. The van der Waals surface area contributed by atoms with Gasteiger partial charge in [0.2, 0.25) is 5.91 Å². The Hall–Kier alpha value is -1.13. The van der Waals surface area contributed by atoms with E-state index in [1.807, 2.05) is 12.1 Å². The number of rotatable bonds is 8. The normalized spacial score (nSPS) is 12.4. The largest absolute Gasteiger partial charge is 0.369 e. The predicted octanol–water partition coefficient (Wildman–Crippen LogP) is 3.21. The molecule has 1 atom stereocenters. The maximum atomic E-state index is 10.7. The molecule has 1 rings (SSSR count). The molecule has 0 saturated carbocycles. The maximum Gasteiger partial charge on any atom is 0.231 e. The second kappa shape index (κ2) is 8.22. The fourth-order valence-corrected chi connectivity index (χ4v) is 2.39. The van der Waals surface area contributed by atoms with E-state index in [2.05, 4.69) is 53.8 Å². The van der Waals surface area contributed by atoms with Gasteiger partial charge in [-0.3, -0.25) is 4.79 Å². The highest BCUT2D eigenvalue weighted by Gasteiger charge is 2.17. The predicted molar refractivity (Wildman–Crippen MR) is 87.5 cm³/mol. The number of nitrogens with one attached hydrogen (secondary N) is 1. The van der Waals surface area contributed by atoms with Crippen LogP contribution in [-0.2, 0) is 4.79 Å². The number of primary amides is 1. The lowest BCUT2D eigenvalue weighted by Gasteiger charge is -2.23. The van der Waals surface area contributed by atoms with Gasteiger partial charge >= 0.3 is 0 Å². The molecule has 3 nitrogen and oxygen atoms in total. The summed E-state index contributed by atoms with van der Waals surface area (Å²) in [5.74, 6) is 0.399. The van der Waals surface area contributed by atoms with E-state index >= 15 is 0 Å². The number of amides is 1. The third kappa shape index (κ3) is 5.47. The highest BCUT2D eigenvalue weighted by Crippen LogP contribution is 2.31. The van der Waals surface area contributed by atoms with Crippen molar-refractivity contribution in [1.82, 2.24) is 5.32 Å². The molecular weight excluding hydrogens is 316 g/mol. The number of carbonyl (C=O) groups excluding carboxylic acids is 1. The molecular formula is C16H23BrN2O. The van der Waals surface area contributed by atoms with Crippen molar-refractivity contribution in [2.45, 2.75) is 26.2 Å². The van der Waals surface area contributed by atoms with Crippen LogP contribution in [0.4, 0.5) is 0 Å². The second-order valence-electron chi connectivity index (χ2n) is 5.27. The summed E-state index contributed by atoms with van der Waals surface area (Å²) in [6.07, 6.45) is 0.909. The molecule has 0 unspecified atom stereocenters. The Labute approximate surface area is 129 Å². The first-order valence-corrected chi connectivity index (χ1v) is 7.64. The highest BCUT2D eigenvalue weighted by molar-refractivity contribution is 9.10. The SMILES string of the molecule is C=C(C(C)C)[C@H](CCNCC(N)=O)c1ccc(Br)cc1. The van der Waals surface area contributed by atoms with Crippen LogP contribution >= 0.6 is 15.9 Å². The summed E-state index contributed by atoms with van der Waals surface area (Å²) >= 11 is 3.45. The van der Waals surface area contributed by atoms with E-state index in [1.165, 1.54) is 11.1 Å². The van der Waals surface area contributed by atoms with Gasteiger partial charge in [-0.05, 0) is 36.6 Å². The minimum atomic E-state index is -0.326. The first kappa shape index (κ1) is 16.9. The van der Waals surface area contributed by atoms with E-state index in [1.54, 1.807) is 0 Å². The van der Waals surface area contributed by atoms with Crippen molar-refractivity contribution in [2.75, 3.05) is 13.1 Å². The molecule has 0 bridgehead atoms. The topological polar surface area (TPSA) is 55.1 Å². The average Bonchev–Trinajstić information content (AvgIpc) is 2.39. The van der Waals surface area contributed by atoms with Crippen molar-refractivity contribution >= 4 is 21.8 Å². The van der Waals surface area contributed by atoms with Crippen molar-refractivity contribution < 1.29 is 4.79 Å². The second-order valence-corrected chi connectivity index (χ2v) is 6.18. The average molecular weight is 339 g/mol. The van der Waals surface area contributed by atoms with Gasteiger partial charge in [-0.15, -0.1) is 0 Å². The van der Waals surface area contributed by atoms with E-state index in [4.69, 9.17) is 5.73 Å². The molecule has 1 amide bonds. The molecule has 0 aromatic heterocycles. The molecule has 1 aromatic carbocycles. The Bertz CT molecular complexity index is 454. The van der Waals surface area contributed by atoms with Crippen LogP contribution in [0, 0.1) is 5.92 Å². The van der Waals surface area contributed by atoms with Crippen LogP contribution in [0.3, 0.4) is 0 Å². The van der Waals surface area contributed by atoms with Crippen LogP contribution in [-0.4, -0.2) is 19.0 Å². The third-order valence-corrected chi connectivity index (χ3v) is 3.90. The maximum absolute atomic E-state index is 10.7. The summed E-state index contributed by atoms with van der Waals surface area (Å²) in [5, 5.41) is 3.07. The zero-order chi connectivity index (χ0) is 15.1. The molecule has 0 saturated heterocycles. The zero-order valence-corrected chi connectivity index (χ0v) is 13.7. The minimum Gasteiger partial charge on any atom is -0.369 e. The Kier molecular flexibility index (Phi) is 6.96. The molecule has 3 N–H and O–H groups in total. The Morgan fingerprint density at radius 2 is 1.95 bits per heavy atom. The molecule has 0 radical (unpaired) electrons. The molecule has 1 aromatic rings. The van der Waals surface area contributed by atoms with Crippen molar-refractivity contribution in [3.05, 3.63) is 46.5 Å². The van der Waals surface area contributed by atoms with Crippen LogP contribution in [0.2, 0.25) is 0 Å². The molecule has 4 heteroatoms. The third-order valence-electron chi connectivity index (χ3n) is 3.37. The minimum absolute atomic E-state index is 0.223. The van der Waals surface area contributed by atoms with Crippen molar-refractivity contribution in [1.29, 1.82) is 0 Å². The molecule has 20 heavy (non-hydrogen) atoms. The summed E-state index contributed by atoms with van der Waals surface area (Å²) < 4.78 is 1.07. The van der Waals surface area contributed by atoms with Crippen LogP contribution in [0.5, 0.6) is 0 Å². The van der Waals surface area contributed by atoms with E-state index in [9.17, 15) is 4.79 Å². The van der Waals surface area contributed by atoms with Gasteiger partial charge in [0.25, 0.3) is 0 Å². The van der Waals surface area contributed by atoms with Crippen LogP contribution in [0.25, 0.3) is 0 Å². The molecule has 0 heterocycles. The van der Waals surface area contributed by atoms with Gasteiger partial charge in [0.05, 0.1) is 6.54 Å². The number of carbonyl (C=O) groups is 1. The van der Waals surface area contributed by atoms with Crippen molar-refractivity contribution in [3.8, 4) is 0 Å². The first-order chi connectivity index (χ1) is 9.41. The summed E-state index contributed by atoms with van der Waals surface area (Å²) in [6.45, 7) is 9.52. The van der Waals surface area contributed by atoms with Crippen molar-refractivity contribution in [2.24, 2.45) is 11.7 Å². The summed E-state index contributed by atoms with van der Waals surface area (Å²) in [6, 6.07) is 8.34. The number of benzene rings is 1. The monoisotopic (exact) mass is 338 g/mol. The van der Waals surface area contributed by atoms with E-state index < -0.39 is 0 Å². The molecule has 0 spiro atoms. The Balaban J connectivity index is 2.73. The van der Waals surface area contributed by atoms with Crippen molar-refractivity contribution in [3.63, 3.8) is 0 Å². The quantitative estimate of drug-likeness (QED) is 0.564. The first-order valence-electron chi connectivity index (χ1n) is 6.85. The lowest BCUT2D eigenvalue weighted by Crippen LogP contribution is -2.30. The fraction of sp³-hybridized carbons (Fsp3) is 0.438. The van der Waals surface area contributed by atoms with Gasteiger partial charge in [-0.2, -0.15) is 0 Å². The van der Waals surface area contributed by atoms with Gasteiger partial charge in [0.15, 0.2) is 0 Å². The number of hydrogen-bond acceptors (Lipinski definition) is 2.